The van der Waals surface area contributed by atoms with Crippen LogP contribution in [0.4, 0.5) is 5.69 Å². The summed E-state index contributed by atoms with van der Waals surface area (Å²) >= 11 is 0. The van der Waals surface area contributed by atoms with Crippen LogP contribution < -0.4 is 0 Å². The maximum absolute atomic E-state index is 12.8. The summed E-state index contributed by atoms with van der Waals surface area (Å²) in [5.74, 6) is 0.258. The minimum Gasteiger partial charge on any atom is -0.507 e. The summed E-state index contributed by atoms with van der Waals surface area (Å²) in [6.07, 6.45) is 0. The Morgan fingerprint density at radius 1 is 0.933 bits per heavy atom. The highest BCUT2D eigenvalue weighted by molar-refractivity contribution is 7.89. The van der Waals surface area contributed by atoms with Crippen LogP contribution >= 0.6 is 0 Å². The third-order valence-electron chi connectivity index (χ3n) is 5.39. The molecular weight excluding hydrogens is 406 g/mol. The number of nitro benzene ring substituents is 1. The predicted molar refractivity (Wildman–Crippen MR) is 113 cm³/mol. The minimum atomic E-state index is -3.70. The Labute approximate surface area is 174 Å². The van der Waals surface area contributed by atoms with Gasteiger partial charge in [-0.15, -0.1) is 0 Å². The first kappa shape index (κ1) is 20.3. The maximum atomic E-state index is 12.8. The van der Waals surface area contributed by atoms with Crippen molar-refractivity contribution in [2.75, 3.05) is 26.2 Å². The lowest BCUT2D eigenvalue weighted by Crippen LogP contribution is -2.48. The highest BCUT2D eigenvalue weighted by atomic mass is 32.2. The van der Waals surface area contributed by atoms with Crippen molar-refractivity contribution >= 4 is 26.5 Å². The van der Waals surface area contributed by atoms with Crippen LogP contribution in [0.2, 0.25) is 0 Å². The van der Waals surface area contributed by atoms with Crippen LogP contribution in [0.1, 0.15) is 5.56 Å². The molecule has 3 aromatic carbocycles. The molecule has 0 radical (unpaired) electrons. The maximum Gasteiger partial charge on any atom is 0.269 e. The molecule has 0 spiro atoms. The van der Waals surface area contributed by atoms with E-state index in [1.54, 1.807) is 0 Å². The van der Waals surface area contributed by atoms with E-state index in [0.29, 0.717) is 32.7 Å². The van der Waals surface area contributed by atoms with Crippen molar-refractivity contribution in [1.82, 2.24) is 9.21 Å². The van der Waals surface area contributed by atoms with Gasteiger partial charge in [0.25, 0.3) is 5.69 Å². The summed E-state index contributed by atoms with van der Waals surface area (Å²) < 4.78 is 27.1. The first-order chi connectivity index (χ1) is 14.4. The molecule has 0 aromatic heterocycles. The first-order valence-corrected chi connectivity index (χ1v) is 11.0. The second kappa shape index (κ2) is 8.02. The molecule has 0 atom stereocenters. The molecule has 1 fully saturated rings. The van der Waals surface area contributed by atoms with Crippen molar-refractivity contribution in [3.63, 3.8) is 0 Å². The summed E-state index contributed by atoms with van der Waals surface area (Å²) in [7, 11) is -3.70. The van der Waals surface area contributed by atoms with Crippen LogP contribution in [0.5, 0.6) is 5.75 Å². The molecule has 9 heteroatoms. The van der Waals surface area contributed by atoms with Gasteiger partial charge in [-0.05, 0) is 17.5 Å². The molecule has 1 aliphatic heterocycles. The fourth-order valence-electron chi connectivity index (χ4n) is 3.69. The van der Waals surface area contributed by atoms with E-state index >= 15 is 0 Å². The zero-order valence-corrected chi connectivity index (χ0v) is 17.0. The number of hydrogen-bond donors (Lipinski definition) is 1. The van der Waals surface area contributed by atoms with E-state index in [1.165, 1.54) is 28.6 Å². The predicted octanol–water partition coefficient (Wildman–Crippen LogP) is 2.96. The average molecular weight is 427 g/mol. The molecule has 156 valence electrons. The molecule has 0 bridgehead atoms. The van der Waals surface area contributed by atoms with Gasteiger partial charge in [0.2, 0.25) is 10.0 Å². The van der Waals surface area contributed by atoms with Crippen LogP contribution in [0.25, 0.3) is 10.8 Å². The normalized spacial score (nSPS) is 16.0. The van der Waals surface area contributed by atoms with Gasteiger partial charge in [-0.1, -0.05) is 36.4 Å². The molecule has 0 amide bonds. The number of aromatic hydroxyl groups is 1. The number of benzene rings is 3. The number of non-ortho nitro benzene ring substituents is 1. The lowest BCUT2D eigenvalue weighted by atomic mass is 10.0. The van der Waals surface area contributed by atoms with E-state index < -0.39 is 14.9 Å². The van der Waals surface area contributed by atoms with E-state index in [4.69, 9.17) is 0 Å². The molecule has 0 aliphatic carbocycles. The van der Waals surface area contributed by atoms with E-state index in [1.807, 2.05) is 36.4 Å². The van der Waals surface area contributed by atoms with Gasteiger partial charge in [0.15, 0.2) is 0 Å². The zero-order chi connectivity index (χ0) is 21.3. The number of phenolic OH excluding ortho intramolecular Hbond substituents is 1. The number of piperazine rings is 1. The van der Waals surface area contributed by atoms with Crippen molar-refractivity contribution in [1.29, 1.82) is 0 Å². The lowest BCUT2D eigenvalue weighted by Gasteiger charge is -2.34. The third kappa shape index (κ3) is 3.87. The number of nitro groups is 1. The third-order valence-corrected chi connectivity index (χ3v) is 7.31. The Balaban J connectivity index is 1.43. The fourth-order valence-corrected chi connectivity index (χ4v) is 5.11. The first-order valence-electron chi connectivity index (χ1n) is 9.53. The van der Waals surface area contributed by atoms with Gasteiger partial charge in [0.1, 0.15) is 5.75 Å². The summed E-state index contributed by atoms with van der Waals surface area (Å²) in [6.45, 7) is 2.21. The SMILES string of the molecule is O=[N+]([O-])c1ccc(S(=O)(=O)N2CCN(Cc3ccc4ccccc4c3O)CC2)cc1. The van der Waals surface area contributed by atoms with Crippen LogP contribution in [-0.4, -0.2) is 53.8 Å². The number of sulfonamides is 1. The van der Waals surface area contributed by atoms with Gasteiger partial charge in [0.05, 0.1) is 9.82 Å². The van der Waals surface area contributed by atoms with Crippen LogP contribution in [0.3, 0.4) is 0 Å². The molecule has 1 saturated heterocycles. The largest absolute Gasteiger partial charge is 0.507 e. The standard InChI is InChI=1S/C21H21N3O5S/c25-21-17(6-5-16-3-1-2-4-20(16)21)15-22-11-13-23(14-12-22)30(28,29)19-9-7-18(8-10-19)24(26)27/h1-10,25H,11-15H2. The average Bonchev–Trinajstić information content (AvgIpc) is 2.76. The highest BCUT2D eigenvalue weighted by Crippen LogP contribution is 2.30. The van der Waals surface area contributed by atoms with E-state index in [-0.39, 0.29) is 16.3 Å². The Morgan fingerprint density at radius 2 is 1.60 bits per heavy atom. The number of hydrogen-bond acceptors (Lipinski definition) is 6. The van der Waals surface area contributed by atoms with Crippen LogP contribution in [0.15, 0.2) is 65.6 Å². The molecule has 4 rings (SSSR count). The van der Waals surface area contributed by atoms with E-state index in [2.05, 4.69) is 4.90 Å². The lowest BCUT2D eigenvalue weighted by molar-refractivity contribution is -0.384. The monoisotopic (exact) mass is 427 g/mol. The van der Waals surface area contributed by atoms with Gasteiger partial charge >= 0.3 is 0 Å². The minimum absolute atomic E-state index is 0.0497. The quantitative estimate of drug-likeness (QED) is 0.496. The Kier molecular flexibility index (Phi) is 5.42. The fraction of sp³-hybridized carbons (Fsp3) is 0.238. The molecule has 1 aliphatic rings. The van der Waals surface area contributed by atoms with Crippen LogP contribution in [0, 0.1) is 10.1 Å². The molecule has 0 saturated carbocycles. The molecule has 3 aromatic rings. The van der Waals surface area contributed by atoms with Gasteiger partial charge < -0.3 is 5.11 Å². The summed E-state index contributed by atoms with van der Waals surface area (Å²) in [5.41, 5.74) is 0.661. The van der Waals surface area contributed by atoms with Crippen molar-refractivity contribution in [3.8, 4) is 5.75 Å². The van der Waals surface area contributed by atoms with Crippen molar-refractivity contribution in [2.24, 2.45) is 0 Å². The Morgan fingerprint density at radius 3 is 2.27 bits per heavy atom. The van der Waals surface area contributed by atoms with Gasteiger partial charge in [0, 0.05) is 55.8 Å². The molecular formula is C21H21N3O5S. The molecule has 30 heavy (non-hydrogen) atoms. The molecule has 1 heterocycles. The molecule has 8 nitrogen and oxygen atoms in total. The second-order valence-corrected chi connectivity index (χ2v) is 9.16. The number of nitrogens with zero attached hydrogens (tertiary/aromatic N) is 3. The van der Waals surface area contributed by atoms with E-state index in [0.717, 1.165) is 16.3 Å². The number of fused-ring (bicyclic) bond motifs is 1. The van der Waals surface area contributed by atoms with Crippen molar-refractivity contribution in [2.45, 2.75) is 11.4 Å². The van der Waals surface area contributed by atoms with E-state index in [9.17, 15) is 23.6 Å². The molecule has 0 unspecified atom stereocenters. The Hall–Kier alpha value is -3.01. The smallest absolute Gasteiger partial charge is 0.269 e. The Bertz CT molecular complexity index is 1190. The van der Waals surface area contributed by atoms with Gasteiger partial charge in [-0.3, -0.25) is 15.0 Å². The van der Waals surface area contributed by atoms with Crippen molar-refractivity contribution in [3.05, 3.63) is 76.3 Å². The number of phenols is 1. The summed E-state index contributed by atoms with van der Waals surface area (Å²) in [4.78, 5) is 12.4. The summed E-state index contributed by atoms with van der Waals surface area (Å²) in [6, 6.07) is 16.4. The van der Waals surface area contributed by atoms with Gasteiger partial charge in [-0.2, -0.15) is 4.31 Å². The highest BCUT2D eigenvalue weighted by Gasteiger charge is 2.29. The topological polar surface area (TPSA) is 104 Å². The second-order valence-electron chi connectivity index (χ2n) is 7.23. The molecule has 1 N–H and O–H groups in total. The number of rotatable bonds is 5. The van der Waals surface area contributed by atoms with Crippen LogP contribution in [-0.2, 0) is 16.6 Å². The zero-order valence-electron chi connectivity index (χ0n) is 16.1. The van der Waals surface area contributed by atoms with Gasteiger partial charge in [-0.25, -0.2) is 8.42 Å². The van der Waals surface area contributed by atoms with Crippen molar-refractivity contribution < 1.29 is 18.4 Å². The summed E-state index contributed by atoms with van der Waals surface area (Å²) in [5, 5.41) is 23.1.